The maximum Gasteiger partial charge on any atom is 0.241 e. The molecular formula is C15H14BrN3O2S. The van der Waals surface area contributed by atoms with Gasteiger partial charge in [-0.2, -0.15) is 0 Å². The Morgan fingerprint density at radius 2 is 1.82 bits per heavy atom. The minimum atomic E-state index is -3.53. The third-order valence-corrected chi connectivity index (χ3v) is 5.77. The van der Waals surface area contributed by atoms with Crippen molar-refractivity contribution >= 4 is 37.0 Å². The molecule has 3 rings (SSSR count). The van der Waals surface area contributed by atoms with Crippen molar-refractivity contribution in [1.29, 1.82) is 0 Å². The predicted octanol–water partition coefficient (Wildman–Crippen LogP) is 2.78. The van der Waals surface area contributed by atoms with Gasteiger partial charge in [-0.25, -0.2) is 18.1 Å². The minimum absolute atomic E-state index is 0.241. The second-order valence-corrected chi connectivity index (χ2v) is 7.34. The number of aromatic nitrogens is 2. The average molecular weight is 380 g/mol. The first-order valence-corrected chi connectivity index (χ1v) is 8.99. The number of nitrogens with zero attached hydrogens (tertiary/aromatic N) is 2. The van der Waals surface area contributed by atoms with Crippen molar-refractivity contribution < 1.29 is 8.42 Å². The third kappa shape index (κ3) is 3.06. The molecule has 0 aliphatic heterocycles. The molecule has 0 spiro atoms. The maximum absolute atomic E-state index is 12.3. The fraction of sp³-hybridized carbons (Fsp3) is 0.133. The van der Waals surface area contributed by atoms with Gasteiger partial charge >= 0.3 is 0 Å². The van der Waals surface area contributed by atoms with Gasteiger partial charge in [0.15, 0.2) is 0 Å². The Morgan fingerprint density at radius 1 is 1.09 bits per heavy atom. The Bertz CT molecular complexity index is 906. The molecule has 114 valence electrons. The number of hydrogen-bond donors (Lipinski definition) is 1. The number of sulfonamides is 1. The summed E-state index contributed by atoms with van der Waals surface area (Å²) in [5, 5.41) is 0. The van der Waals surface area contributed by atoms with Crippen LogP contribution in [-0.4, -0.2) is 24.5 Å². The zero-order valence-corrected chi connectivity index (χ0v) is 14.0. The smallest absolute Gasteiger partial charge is 0.241 e. The molecule has 0 unspecified atom stereocenters. The van der Waals surface area contributed by atoms with Crippen molar-refractivity contribution in [2.24, 2.45) is 0 Å². The van der Waals surface area contributed by atoms with E-state index in [2.05, 4.69) is 25.6 Å². The molecule has 0 saturated heterocycles. The molecular weight excluding hydrogens is 366 g/mol. The molecule has 0 aliphatic carbocycles. The molecule has 5 nitrogen and oxygen atoms in total. The summed E-state index contributed by atoms with van der Waals surface area (Å²) in [5.41, 5.74) is 1.89. The summed E-state index contributed by atoms with van der Waals surface area (Å²) in [6, 6.07) is 14.5. The standard InChI is InChI=1S/C15H14BrN3O2S/c16-12-5-1-4-8-15(12)22(20,21)18-9-10-19-11-17-13-6-2-3-7-14(13)19/h1-8,11,18H,9-10H2. The number of hydrogen-bond acceptors (Lipinski definition) is 3. The van der Waals surface area contributed by atoms with Crippen LogP contribution >= 0.6 is 15.9 Å². The van der Waals surface area contributed by atoms with E-state index in [1.165, 1.54) is 0 Å². The van der Waals surface area contributed by atoms with Gasteiger partial charge in [0.25, 0.3) is 0 Å². The average Bonchev–Trinajstić information content (AvgIpc) is 2.91. The van der Waals surface area contributed by atoms with E-state index in [9.17, 15) is 8.42 Å². The van der Waals surface area contributed by atoms with Crippen LogP contribution in [0.15, 0.2) is 64.2 Å². The zero-order valence-electron chi connectivity index (χ0n) is 11.6. The summed E-state index contributed by atoms with van der Waals surface area (Å²) < 4.78 is 29.7. The molecule has 2 aromatic carbocycles. The molecule has 1 heterocycles. The molecule has 0 saturated carbocycles. The molecule has 22 heavy (non-hydrogen) atoms. The van der Waals surface area contributed by atoms with Gasteiger partial charge in [0.2, 0.25) is 10.0 Å². The molecule has 0 atom stereocenters. The van der Waals surface area contributed by atoms with E-state index in [4.69, 9.17) is 0 Å². The number of imidazole rings is 1. The van der Waals surface area contributed by atoms with Gasteiger partial charge in [0.1, 0.15) is 0 Å². The van der Waals surface area contributed by atoms with Crippen LogP contribution in [-0.2, 0) is 16.6 Å². The van der Waals surface area contributed by atoms with Crippen LogP contribution < -0.4 is 4.72 Å². The summed E-state index contributed by atoms with van der Waals surface area (Å²) >= 11 is 3.26. The fourth-order valence-corrected chi connectivity index (χ4v) is 4.25. The van der Waals surface area contributed by atoms with Crippen LogP contribution in [0.2, 0.25) is 0 Å². The predicted molar refractivity (Wildman–Crippen MR) is 89.1 cm³/mol. The number of nitrogens with one attached hydrogen (secondary N) is 1. The number of benzene rings is 2. The van der Waals surface area contributed by atoms with Gasteiger partial charge in [-0.05, 0) is 40.2 Å². The largest absolute Gasteiger partial charge is 0.329 e. The first-order valence-electron chi connectivity index (χ1n) is 6.72. The van der Waals surface area contributed by atoms with Crippen LogP contribution in [0.5, 0.6) is 0 Å². The van der Waals surface area contributed by atoms with E-state index in [-0.39, 0.29) is 4.90 Å². The van der Waals surface area contributed by atoms with Crippen molar-refractivity contribution in [2.45, 2.75) is 11.4 Å². The second kappa shape index (κ2) is 6.20. The Morgan fingerprint density at radius 3 is 2.64 bits per heavy atom. The number of fused-ring (bicyclic) bond motifs is 1. The highest BCUT2D eigenvalue weighted by Gasteiger charge is 2.16. The lowest BCUT2D eigenvalue weighted by atomic mass is 10.3. The van der Waals surface area contributed by atoms with Gasteiger partial charge in [-0.3, -0.25) is 0 Å². The Balaban J connectivity index is 1.72. The third-order valence-electron chi connectivity index (χ3n) is 3.30. The highest BCUT2D eigenvalue weighted by Crippen LogP contribution is 2.20. The fourth-order valence-electron chi connectivity index (χ4n) is 2.23. The maximum atomic E-state index is 12.3. The number of rotatable bonds is 5. The van der Waals surface area contributed by atoms with Gasteiger partial charge < -0.3 is 4.57 Å². The van der Waals surface area contributed by atoms with Crippen LogP contribution in [0, 0.1) is 0 Å². The molecule has 7 heteroatoms. The number of halogens is 1. The monoisotopic (exact) mass is 379 g/mol. The van der Waals surface area contributed by atoms with Gasteiger partial charge in [0.05, 0.1) is 22.3 Å². The highest BCUT2D eigenvalue weighted by molar-refractivity contribution is 9.10. The summed E-state index contributed by atoms with van der Waals surface area (Å²) in [6.07, 6.45) is 1.72. The quantitative estimate of drug-likeness (QED) is 0.741. The first-order chi connectivity index (χ1) is 10.6. The normalized spacial score (nSPS) is 11.9. The van der Waals surface area contributed by atoms with Crippen molar-refractivity contribution in [3.8, 4) is 0 Å². The van der Waals surface area contributed by atoms with Crippen molar-refractivity contribution in [3.05, 3.63) is 59.3 Å². The highest BCUT2D eigenvalue weighted by atomic mass is 79.9. The van der Waals surface area contributed by atoms with Crippen molar-refractivity contribution in [3.63, 3.8) is 0 Å². The summed E-state index contributed by atoms with van der Waals surface area (Å²) in [4.78, 5) is 4.53. The molecule has 1 aromatic heterocycles. The zero-order chi connectivity index (χ0) is 15.6. The van der Waals surface area contributed by atoms with Crippen LogP contribution in [0.1, 0.15) is 0 Å². The summed E-state index contributed by atoms with van der Waals surface area (Å²) in [7, 11) is -3.53. The minimum Gasteiger partial charge on any atom is -0.329 e. The van der Waals surface area contributed by atoms with E-state index >= 15 is 0 Å². The van der Waals surface area contributed by atoms with Gasteiger partial charge in [0, 0.05) is 17.6 Å². The van der Waals surface area contributed by atoms with Crippen molar-refractivity contribution in [2.75, 3.05) is 6.54 Å². The first kappa shape index (κ1) is 15.2. The molecule has 0 amide bonds. The molecule has 0 bridgehead atoms. The van der Waals surface area contributed by atoms with E-state index in [0.717, 1.165) is 11.0 Å². The molecule has 0 radical (unpaired) electrons. The topological polar surface area (TPSA) is 64.0 Å². The summed E-state index contributed by atoms with van der Waals surface area (Å²) in [6.45, 7) is 0.814. The van der Waals surface area contributed by atoms with Crippen LogP contribution in [0.4, 0.5) is 0 Å². The molecule has 1 N–H and O–H groups in total. The van der Waals surface area contributed by atoms with E-state index < -0.39 is 10.0 Å². The number of para-hydroxylation sites is 2. The van der Waals surface area contributed by atoms with Gasteiger partial charge in [-0.15, -0.1) is 0 Å². The van der Waals surface area contributed by atoms with Gasteiger partial charge in [-0.1, -0.05) is 24.3 Å². The molecule has 0 fully saturated rings. The lowest BCUT2D eigenvalue weighted by Crippen LogP contribution is -2.27. The summed E-state index contributed by atoms with van der Waals surface area (Å²) in [5.74, 6) is 0. The molecule has 0 aliphatic rings. The van der Waals surface area contributed by atoms with Crippen LogP contribution in [0.25, 0.3) is 11.0 Å². The van der Waals surface area contributed by atoms with Crippen LogP contribution in [0.3, 0.4) is 0 Å². The van der Waals surface area contributed by atoms with E-state index in [1.807, 2.05) is 28.8 Å². The Hall–Kier alpha value is -1.70. The van der Waals surface area contributed by atoms with E-state index in [0.29, 0.717) is 17.6 Å². The SMILES string of the molecule is O=S(=O)(NCCn1cnc2ccccc21)c1ccccc1Br. The van der Waals surface area contributed by atoms with E-state index in [1.54, 1.807) is 30.6 Å². The Labute approximate surface area is 137 Å². The lowest BCUT2D eigenvalue weighted by Gasteiger charge is -2.09. The lowest BCUT2D eigenvalue weighted by molar-refractivity contribution is 0.574. The van der Waals surface area contributed by atoms with Crippen molar-refractivity contribution in [1.82, 2.24) is 14.3 Å². The Kier molecular flexibility index (Phi) is 4.28. The molecule has 3 aromatic rings. The second-order valence-electron chi connectivity index (χ2n) is 4.75.